The summed E-state index contributed by atoms with van der Waals surface area (Å²) < 4.78 is 42.7. The Balaban J connectivity index is 2.03. The smallest absolute Gasteiger partial charge is 0.416 e. The standard InChI is InChI=1S/C15H12ClF3O2/c16-13-7-11(8-20)3-6-14(13)21-9-10-1-4-12(5-2-10)15(17,18)19/h1-7,20H,8-9H2. The van der Waals surface area contributed by atoms with Crippen LogP contribution in [0.2, 0.25) is 5.02 Å². The molecule has 0 saturated heterocycles. The first-order chi connectivity index (χ1) is 9.90. The van der Waals surface area contributed by atoms with Gasteiger partial charge in [0.15, 0.2) is 0 Å². The first-order valence-corrected chi connectivity index (χ1v) is 6.46. The van der Waals surface area contributed by atoms with Crippen LogP contribution < -0.4 is 4.74 Å². The highest BCUT2D eigenvalue weighted by Crippen LogP contribution is 2.30. The van der Waals surface area contributed by atoms with Gasteiger partial charge < -0.3 is 9.84 Å². The molecule has 0 aliphatic carbocycles. The van der Waals surface area contributed by atoms with Crippen molar-refractivity contribution in [2.75, 3.05) is 0 Å². The summed E-state index contributed by atoms with van der Waals surface area (Å²) in [5, 5.41) is 9.30. The number of ether oxygens (including phenoxy) is 1. The van der Waals surface area contributed by atoms with Crippen LogP contribution in [0.15, 0.2) is 42.5 Å². The predicted molar refractivity (Wildman–Crippen MR) is 73.2 cm³/mol. The molecule has 0 spiro atoms. The van der Waals surface area contributed by atoms with E-state index in [2.05, 4.69) is 0 Å². The van der Waals surface area contributed by atoms with Crippen LogP contribution in [0.4, 0.5) is 13.2 Å². The SMILES string of the molecule is OCc1ccc(OCc2ccc(C(F)(F)F)cc2)c(Cl)c1. The molecule has 1 N–H and O–H groups in total. The molecule has 2 rings (SSSR count). The van der Waals surface area contributed by atoms with E-state index in [1.54, 1.807) is 18.2 Å². The van der Waals surface area contributed by atoms with Crippen molar-refractivity contribution >= 4 is 11.6 Å². The number of hydrogen-bond donors (Lipinski definition) is 1. The van der Waals surface area contributed by atoms with Gasteiger partial charge in [0.2, 0.25) is 0 Å². The quantitative estimate of drug-likeness (QED) is 0.904. The molecular weight excluding hydrogens is 305 g/mol. The summed E-state index contributed by atoms with van der Waals surface area (Å²) in [7, 11) is 0. The molecule has 0 atom stereocenters. The van der Waals surface area contributed by atoms with Crippen LogP contribution in [0.3, 0.4) is 0 Å². The molecule has 21 heavy (non-hydrogen) atoms. The monoisotopic (exact) mass is 316 g/mol. The van der Waals surface area contributed by atoms with Gasteiger partial charge in [0.1, 0.15) is 12.4 Å². The van der Waals surface area contributed by atoms with Gasteiger partial charge in [0.05, 0.1) is 17.2 Å². The fraction of sp³-hybridized carbons (Fsp3) is 0.200. The van der Waals surface area contributed by atoms with Crippen molar-refractivity contribution in [3.05, 3.63) is 64.2 Å². The Morgan fingerprint density at radius 3 is 2.14 bits per heavy atom. The van der Waals surface area contributed by atoms with Gasteiger partial charge in [0, 0.05) is 0 Å². The second-order valence-corrected chi connectivity index (χ2v) is 4.81. The van der Waals surface area contributed by atoms with Crippen molar-refractivity contribution in [2.24, 2.45) is 0 Å². The molecule has 2 aromatic rings. The minimum atomic E-state index is -4.34. The third-order valence-corrected chi connectivity index (χ3v) is 3.15. The molecule has 0 heterocycles. The third kappa shape index (κ3) is 4.12. The van der Waals surface area contributed by atoms with Crippen LogP contribution >= 0.6 is 11.6 Å². The molecule has 0 fully saturated rings. The van der Waals surface area contributed by atoms with E-state index < -0.39 is 11.7 Å². The van der Waals surface area contributed by atoms with Crippen LogP contribution in [-0.4, -0.2) is 5.11 Å². The highest BCUT2D eigenvalue weighted by atomic mass is 35.5. The average Bonchev–Trinajstić information content (AvgIpc) is 2.45. The van der Waals surface area contributed by atoms with Gasteiger partial charge >= 0.3 is 6.18 Å². The first-order valence-electron chi connectivity index (χ1n) is 6.08. The van der Waals surface area contributed by atoms with Crippen molar-refractivity contribution in [3.63, 3.8) is 0 Å². The molecule has 0 amide bonds. The summed E-state index contributed by atoms with van der Waals surface area (Å²) in [6.45, 7) is -0.0186. The van der Waals surface area contributed by atoms with Crippen molar-refractivity contribution in [1.82, 2.24) is 0 Å². The summed E-state index contributed by atoms with van der Waals surface area (Å²) in [6.07, 6.45) is -4.34. The van der Waals surface area contributed by atoms with E-state index in [4.69, 9.17) is 21.4 Å². The molecule has 0 radical (unpaired) electrons. The van der Waals surface area contributed by atoms with Crippen LogP contribution in [0.25, 0.3) is 0 Å². The lowest BCUT2D eigenvalue weighted by atomic mass is 10.1. The largest absolute Gasteiger partial charge is 0.487 e. The van der Waals surface area contributed by atoms with Gasteiger partial charge in [-0.2, -0.15) is 13.2 Å². The van der Waals surface area contributed by atoms with E-state index in [-0.39, 0.29) is 13.2 Å². The summed E-state index contributed by atoms with van der Waals surface area (Å²) in [6, 6.07) is 9.58. The zero-order valence-electron chi connectivity index (χ0n) is 10.8. The van der Waals surface area contributed by atoms with Crippen LogP contribution in [0, 0.1) is 0 Å². The van der Waals surface area contributed by atoms with Crippen LogP contribution in [0.5, 0.6) is 5.75 Å². The Morgan fingerprint density at radius 1 is 1.00 bits per heavy atom. The number of aliphatic hydroxyl groups is 1. The molecule has 2 nitrogen and oxygen atoms in total. The molecule has 2 aromatic carbocycles. The Hall–Kier alpha value is -1.72. The first kappa shape index (κ1) is 15.7. The molecule has 0 aliphatic heterocycles. The Morgan fingerprint density at radius 2 is 1.62 bits per heavy atom. The van der Waals surface area contributed by atoms with Gasteiger partial charge in [-0.1, -0.05) is 29.8 Å². The van der Waals surface area contributed by atoms with Gasteiger partial charge in [-0.05, 0) is 35.4 Å². The fourth-order valence-electron chi connectivity index (χ4n) is 1.71. The van der Waals surface area contributed by atoms with E-state index in [0.717, 1.165) is 12.1 Å². The molecule has 6 heteroatoms. The molecule has 0 unspecified atom stereocenters. The maximum atomic E-state index is 12.4. The predicted octanol–water partition coefficient (Wildman–Crippen LogP) is 4.43. The molecule has 0 bridgehead atoms. The van der Waals surface area contributed by atoms with Gasteiger partial charge in [-0.15, -0.1) is 0 Å². The summed E-state index contributed by atoms with van der Waals surface area (Å²) in [4.78, 5) is 0. The lowest BCUT2D eigenvalue weighted by Crippen LogP contribution is -2.05. The zero-order valence-corrected chi connectivity index (χ0v) is 11.6. The van der Waals surface area contributed by atoms with Crippen LogP contribution in [0.1, 0.15) is 16.7 Å². The summed E-state index contributed by atoms with van der Waals surface area (Å²) >= 11 is 5.97. The van der Waals surface area contributed by atoms with Crippen molar-refractivity contribution in [2.45, 2.75) is 19.4 Å². The van der Waals surface area contributed by atoms with E-state index in [0.29, 0.717) is 21.9 Å². The van der Waals surface area contributed by atoms with E-state index in [9.17, 15) is 13.2 Å². The second kappa shape index (κ2) is 6.37. The summed E-state index contributed by atoms with van der Waals surface area (Å²) in [5.74, 6) is 0.411. The second-order valence-electron chi connectivity index (χ2n) is 4.41. The lowest BCUT2D eigenvalue weighted by Gasteiger charge is -2.10. The third-order valence-electron chi connectivity index (χ3n) is 2.85. The van der Waals surface area contributed by atoms with Crippen LogP contribution in [-0.2, 0) is 19.4 Å². The van der Waals surface area contributed by atoms with E-state index >= 15 is 0 Å². The number of halogens is 4. The van der Waals surface area contributed by atoms with Gasteiger partial charge in [-0.3, -0.25) is 0 Å². The highest BCUT2D eigenvalue weighted by Gasteiger charge is 2.29. The molecule has 112 valence electrons. The minimum absolute atomic E-state index is 0.107. The number of hydrogen-bond acceptors (Lipinski definition) is 2. The van der Waals surface area contributed by atoms with Crippen molar-refractivity contribution < 1.29 is 23.0 Å². The zero-order chi connectivity index (χ0) is 15.5. The Bertz CT molecular complexity index is 609. The van der Waals surface area contributed by atoms with Gasteiger partial charge in [-0.25, -0.2) is 0 Å². The van der Waals surface area contributed by atoms with E-state index in [1.165, 1.54) is 12.1 Å². The maximum absolute atomic E-state index is 12.4. The number of benzene rings is 2. The topological polar surface area (TPSA) is 29.5 Å². The maximum Gasteiger partial charge on any atom is 0.416 e. The number of rotatable bonds is 4. The highest BCUT2D eigenvalue weighted by molar-refractivity contribution is 6.32. The van der Waals surface area contributed by atoms with Crippen molar-refractivity contribution in [3.8, 4) is 5.75 Å². The van der Waals surface area contributed by atoms with Crippen molar-refractivity contribution in [1.29, 1.82) is 0 Å². The summed E-state index contributed by atoms with van der Waals surface area (Å²) in [5.41, 5.74) is 0.559. The molecular formula is C15H12ClF3O2. The Kier molecular flexibility index (Phi) is 4.75. The molecule has 0 saturated carbocycles. The number of alkyl halides is 3. The Labute approximate surface area is 124 Å². The van der Waals surface area contributed by atoms with E-state index in [1.807, 2.05) is 0 Å². The minimum Gasteiger partial charge on any atom is -0.487 e. The number of aliphatic hydroxyl groups excluding tert-OH is 1. The molecule has 0 aliphatic rings. The lowest BCUT2D eigenvalue weighted by molar-refractivity contribution is -0.137. The average molecular weight is 317 g/mol. The molecule has 0 aromatic heterocycles. The van der Waals surface area contributed by atoms with Gasteiger partial charge in [0.25, 0.3) is 0 Å². The normalized spacial score (nSPS) is 11.5. The fourth-order valence-corrected chi connectivity index (χ4v) is 1.97.